The lowest BCUT2D eigenvalue weighted by molar-refractivity contribution is 0.0950. The Morgan fingerprint density at radius 1 is 0.812 bits per heavy atom. The summed E-state index contributed by atoms with van der Waals surface area (Å²) >= 11 is 0. The fourth-order valence-electron chi connectivity index (χ4n) is 3.74. The Balaban J connectivity index is 1.78. The quantitative estimate of drug-likeness (QED) is 0.337. The van der Waals surface area contributed by atoms with Crippen molar-refractivity contribution >= 4 is 33.4 Å². The van der Waals surface area contributed by atoms with E-state index in [4.69, 9.17) is 0 Å². The molecule has 2 aromatic carbocycles. The fourth-order valence-corrected chi connectivity index (χ4v) is 3.74. The van der Waals surface area contributed by atoms with E-state index in [0.29, 0.717) is 21.8 Å². The number of amides is 1. The van der Waals surface area contributed by atoms with E-state index in [2.05, 4.69) is 10.5 Å². The van der Waals surface area contributed by atoms with Crippen LogP contribution in [0, 0.1) is 0 Å². The molecule has 4 rings (SSSR count). The standard InChI is InChI=1S/C23H20N4O5/c1-12(17-19(28)13-8-4-6-10-15(13)26(2)22(17)31)24-25-21(30)18-20(29)14-9-5-7-11-16(14)27(3)23(18)32/h4-11,28-29H,1-3H3,(H,25,30)/b24-12-. The van der Waals surface area contributed by atoms with Crippen molar-refractivity contribution in [3.05, 3.63) is 80.4 Å². The van der Waals surface area contributed by atoms with E-state index in [9.17, 15) is 24.6 Å². The molecular formula is C23H20N4O5. The molecule has 1 amide bonds. The predicted octanol–water partition coefficient (Wildman–Crippen LogP) is 1.96. The van der Waals surface area contributed by atoms with Gasteiger partial charge >= 0.3 is 0 Å². The van der Waals surface area contributed by atoms with Crippen LogP contribution in [0.25, 0.3) is 21.8 Å². The Bertz CT molecular complexity index is 1560. The van der Waals surface area contributed by atoms with E-state index in [1.807, 2.05) is 0 Å². The van der Waals surface area contributed by atoms with Crippen molar-refractivity contribution in [3.8, 4) is 11.5 Å². The van der Waals surface area contributed by atoms with Gasteiger partial charge in [0.15, 0.2) is 0 Å². The van der Waals surface area contributed by atoms with E-state index in [1.165, 1.54) is 23.1 Å². The van der Waals surface area contributed by atoms with Gasteiger partial charge in [-0.25, -0.2) is 5.43 Å². The molecule has 2 heterocycles. The number of aromatic nitrogens is 2. The number of rotatable bonds is 3. The van der Waals surface area contributed by atoms with Gasteiger partial charge in [0.25, 0.3) is 17.0 Å². The zero-order chi connectivity index (χ0) is 23.2. The number of carbonyl (C=O) groups excluding carboxylic acids is 1. The highest BCUT2D eigenvalue weighted by Crippen LogP contribution is 2.27. The lowest BCUT2D eigenvalue weighted by Gasteiger charge is -2.12. The van der Waals surface area contributed by atoms with Crippen LogP contribution in [0.15, 0.2) is 63.2 Å². The third kappa shape index (κ3) is 3.11. The van der Waals surface area contributed by atoms with Crippen molar-refractivity contribution in [3.63, 3.8) is 0 Å². The number of nitrogens with one attached hydrogen (secondary N) is 1. The summed E-state index contributed by atoms with van der Waals surface area (Å²) < 4.78 is 2.63. The van der Waals surface area contributed by atoms with Crippen LogP contribution >= 0.6 is 0 Å². The van der Waals surface area contributed by atoms with Crippen molar-refractivity contribution < 1.29 is 15.0 Å². The molecule has 0 unspecified atom stereocenters. The van der Waals surface area contributed by atoms with Gasteiger partial charge in [-0.15, -0.1) is 0 Å². The monoisotopic (exact) mass is 432 g/mol. The molecule has 0 fully saturated rings. The van der Waals surface area contributed by atoms with Gasteiger partial charge in [-0.1, -0.05) is 24.3 Å². The van der Waals surface area contributed by atoms with Crippen LogP contribution in [-0.4, -0.2) is 31.0 Å². The molecule has 0 aliphatic heterocycles. The van der Waals surface area contributed by atoms with Gasteiger partial charge in [0.1, 0.15) is 22.6 Å². The number of hydrogen-bond acceptors (Lipinski definition) is 6. The number of nitrogens with zero attached hydrogens (tertiary/aromatic N) is 3. The first-order chi connectivity index (χ1) is 15.2. The average molecular weight is 432 g/mol. The molecular weight excluding hydrogens is 412 g/mol. The maximum Gasteiger partial charge on any atom is 0.280 e. The maximum atomic E-state index is 12.8. The largest absolute Gasteiger partial charge is 0.506 e. The summed E-state index contributed by atoms with van der Waals surface area (Å²) in [5.74, 6) is -1.66. The van der Waals surface area contributed by atoms with Crippen LogP contribution in [0.2, 0.25) is 0 Å². The molecule has 0 saturated carbocycles. The number of hydrogen-bond donors (Lipinski definition) is 3. The Morgan fingerprint density at radius 2 is 1.25 bits per heavy atom. The third-order valence-electron chi connectivity index (χ3n) is 5.47. The minimum Gasteiger partial charge on any atom is -0.506 e. The van der Waals surface area contributed by atoms with Crippen LogP contribution in [0.4, 0.5) is 0 Å². The lowest BCUT2D eigenvalue weighted by Crippen LogP contribution is -2.31. The average Bonchev–Trinajstić information content (AvgIpc) is 2.80. The van der Waals surface area contributed by atoms with E-state index in [1.54, 1.807) is 55.6 Å². The summed E-state index contributed by atoms with van der Waals surface area (Å²) in [6.07, 6.45) is 0. The SMILES string of the molecule is C/C(=N/NC(=O)c1c(O)c2ccccc2n(C)c1=O)c1c(O)c2ccccc2n(C)c1=O. The second-order valence-electron chi connectivity index (χ2n) is 7.35. The highest BCUT2D eigenvalue weighted by atomic mass is 16.3. The molecule has 0 saturated heterocycles. The molecule has 0 spiro atoms. The van der Waals surface area contributed by atoms with Crippen molar-refractivity contribution in [2.45, 2.75) is 6.92 Å². The van der Waals surface area contributed by atoms with Gasteiger partial charge < -0.3 is 19.3 Å². The molecule has 9 nitrogen and oxygen atoms in total. The minimum absolute atomic E-state index is 0.0410. The maximum absolute atomic E-state index is 12.8. The third-order valence-corrected chi connectivity index (χ3v) is 5.47. The van der Waals surface area contributed by atoms with Crippen molar-refractivity contribution in [2.24, 2.45) is 19.2 Å². The highest BCUT2D eigenvalue weighted by Gasteiger charge is 2.22. The second kappa shape index (κ2) is 7.69. The first-order valence-corrected chi connectivity index (χ1v) is 9.70. The van der Waals surface area contributed by atoms with E-state index < -0.39 is 28.3 Å². The number of fused-ring (bicyclic) bond motifs is 2. The highest BCUT2D eigenvalue weighted by molar-refractivity contribution is 6.07. The van der Waals surface area contributed by atoms with Gasteiger partial charge in [-0.05, 0) is 31.2 Å². The molecule has 3 N–H and O–H groups in total. The number of aromatic hydroxyl groups is 2. The molecule has 2 aromatic heterocycles. The molecule has 9 heteroatoms. The molecule has 0 aliphatic carbocycles. The normalized spacial score (nSPS) is 11.8. The smallest absolute Gasteiger partial charge is 0.280 e. The minimum atomic E-state index is -0.940. The van der Waals surface area contributed by atoms with Crippen LogP contribution in [-0.2, 0) is 14.1 Å². The Hall–Kier alpha value is -4.40. The first kappa shape index (κ1) is 20.9. The summed E-state index contributed by atoms with van der Waals surface area (Å²) in [6.45, 7) is 1.45. The molecule has 0 aliphatic rings. The molecule has 162 valence electrons. The number of para-hydroxylation sites is 2. The summed E-state index contributed by atoms with van der Waals surface area (Å²) in [6, 6.07) is 13.5. The zero-order valence-electron chi connectivity index (χ0n) is 17.6. The summed E-state index contributed by atoms with van der Waals surface area (Å²) in [7, 11) is 3.06. The zero-order valence-corrected chi connectivity index (χ0v) is 17.6. The number of carbonyl (C=O) groups is 1. The van der Waals surface area contributed by atoms with Crippen LogP contribution < -0.4 is 16.5 Å². The second-order valence-corrected chi connectivity index (χ2v) is 7.35. The van der Waals surface area contributed by atoms with Crippen molar-refractivity contribution in [1.82, 2.24) is 14.6 Å². The molecule has 4 aromatic rings. The topological polar surface area (TPSA) is 126 Å². The molecule has 0 bridgehead atoms. The Kier molecular flexibility index (Phi) is 5.01. The Labute approximate surface area is 181 Å². The number of pyridine rings is 2. The first-order valence-electron chi connectivity index (χ1n) is 9.70. The predicted molar refractivity (Wildman–Crippen MR) is 121 cm³/mol. The molecule has 32 heavy (non-hydrogen) atoms. The fraction of sp³-hybridized carbons (Fsp3) is 0.130. The summed E-state index contributed by atoms with van der Waals surface area (Å²) in [5.41, 5.74) is 1.51. The lowest BCUT2D eigenvalue weighted by atomic mass is 10.1. The van der Waals surface area contributed by atoms with Gasteiger partial charge in [0.2, 0.25) is 0 Å². The van der Waals surface area contributed by atoms with Crippen LogP contribution in [0.1, 0.15) is 22.8 Å². The molecule has 0 radical (unpaired) electrons. The van der Waals surface area contributed by atoms with E-state index in [-0.39, 0.29) is 17.0 Å². The van der Waals surface area contributed by atoms with E-state index >= 15 is 0 Å². The Morgan fingerprint density at radius 3 is 1.78 bits per heavy atom. The number of benzene rings is 2. The van der Waals surface area contributed by atoms with Gasteiger partial charge in [0.05, 0.1) is 16.7 Å². The number of aryl methyl sites for hydroxylation is 2. The van der Waals surface area contributed by atoms with Crippen LogP contribution in [0.5, 0.6) is 11.5 Å². The summed E-state index contributed by atoms with van der Waals surface area (Å²) in [4.78, 5) is 38.2. The van der Waals surface area contributed by atoms with Crippen LogP contribution in [0.3, 0.4) is 0 Å². The van der Waals surface area contributed by atoms with Gasteiger partial charge in [-0.3, -0.25) is 14.4 Å². The van der Waals surface area contributed by atoms with Gasteiger partial charge in [0, 0.05) is 24.9 Å². The van der Waals surface area contributed by atoms with Crippen molar-refractivity contribution in [1.29, 1.82) is 0 Å². The van der Waals surface area contributed by atoms with Crippen molar-refractivity contribution in [2.75, 3.05) is 0 Å². The molecule has 0 atom stereocenters. The summed E-state index contributed by atoms with van der Waals surface area (Å²) in [5, 5.41) is 25.9. The number of hydrazone groups is 1. The van der Waals surface area contributed by atoms with Gasteiger partial charge in [-0.2, -0.15) is 5.10 Å². The van der Waals surface area contributed by atoms with E-state index in [0.717, 1.165) is 0 Å².